The Morgan fingerprint density at radius 1 is 0.280 bits per heavy atom. The fourth-order valence-electron chi connectivity index (χ4n) is 14.2. The van der Waals surface area contributed by atoms with Crippen molar-refractivity contribution in [1.82, 2.24) is 9.13 Å². The Hall–Kier alpha value is -9.52. The van der Waals surface area contributed by atoms with E-state index in [4.69, 9.17) is 0 Å². The fraction of sp³-hybridized carbons (Fsp3) is 0.158. The summed E-state index contributed by atoms with van der Waals surface area (Å²) in [5.41, 5.74) is 5.95. The van der Waals surface area contributed by atoms with Crippen LogP contribution in [0.3, 0.4) is 0 Å². The van der Waals surface area contributed by atoms with Crippen LogP contribution in [-0.2, 0) is 0 Å². The smallest absolute Gasteiger partial charge is 0.266 e. The molecule has 0 saturated carbocycles. The van der Waals surface area contributed by atoms with Gasteiger partial charge in [0.1, 0.15) is 0 Å². The molecule has 82 heavy (non-hydrogen) atoms. The first kappa shape index (κ1) is 49.5. The van der Waals surface area contributed by atoms with E-state index in [1.165, 1.54) is 9.13 Å². The fourth-order valence-corrected chi connectivity index (χ4v) is 14.2. The number of hydrogen-bond donors (Lipinski definition) is 0. The topological polar surface area (TPSA) is 78.1 Å². The molecule has 0 bridgehead atoms. The lowest BCUT2D eigenvalue weighted by Gasteiger charge is -2.22. The highest BCUT2D eigenvalue weighted by atomic mass is 16.2. The van der Waals surface area contributed by atoms with E-state index in [1.54, 1.807) is 0 Å². The first-order valence-electron chi connectivity index (χ1n) is 28.7. The Bertz CT molecular complexity index is 4990. The van der Waals surface area contributed by atoms with Gasteiger partial charge in [-0.3, -0.25) is 19.2 Å². The number of hydrogen-bond acceptors (Lipinski definition) is 4. The van der Waals surface area contributed by atoms with Gasteiger partial charge in [-0.2, -0.15) is 0 Å². The zero-order valence-electron chi connectivity index (χ0n) is 47.3. The van der Waals surface area contributed by atoms with Gasteiger partial charge in [-0.1, -0.05) is 129 Å². The summed E-state index contributed by atoms with van der Waals surface area (Å²) in [6, 6.07) is 51.3. The number of benzene rings is 10. The third-order valence-electron chi connectivity index (χ3n) is 18.2. The highest BCUT2D eigenvalue weighted by Crippen LogP contribution is 2.46. The summed E-state index contributed by atoms with van der Waals surface area (Å²) in [5.74, 6) is 0.262. The van der Waals surface area contributed by atoms with E-state index in [-0.39, 0.29) is 45.9 Å². The van der Waals surface area contributed by atoms with Crippen LogP contribution in [0.5, 0.6) is 0 Å². The molecule has 15 rings (SSSR count). The van der Waals surface area contributed by atoms with Crippen molar-refractivity contribution in [2.75, 3.05) is 0 Å². The first-order valence-corrected chi connectivity index (χ1v) is 28.7. The van der Waals surface area contributed by atoms with Gasteiger partial charge in [-0.25, -0.2) is 9.13 Å². The second-order valence-corrected chi connectivity index (χ2v) is 24.3. The summed E-state index contributed by atoms with van der Waals surface area (Å²) in [6.45, 7) is 24.9. The zero-order valence-corrected chi connectivity index (χ0v) is 47.3. The van der Waals surface area contributed by atoms with Crippen LogP contribution in [0.1, 0.15) is 112 Å². The van der Waals surface area contributed by atoms with Gasteiger partial charge in [0.15, 0.2) is 0 Å². The third kappa shape index (κ3) is 6.75. The van der Waals surface area contributed by atoms with Gasteiger partial charge in [-0.05, 0) is 251 Å². The van der Waals surface area contributed by atoms with E-state index in [9.17, 15) is 19.2 Å². The molecular formula is C76H58N2O4. The molecule has 396 valence electrons. The molecule has 0 N–H and O–H groups in total. The van der Waals surface area contributed by atoms with Crippen molar-refractivity contribution in [3.05, 3.63) is 234 Å². The summed E-state index contributed by atoms with van der Waals surface area (Å²) >= 11 is 0. The Labute approximate surface area is 472 Å². The Kier molecular flexibility index (Phi) is 10.6. The molecule has 15 aromatic rings. The van der Waals surface area contributed by atoms with Crippen LogP contribution < -0.4 is 22.2 Å². The van der Waals surface area contributed by atoms with Crippen molar-refractivity contribution in [3.63, 3.8) is 0 Å². The maximum atomic E-state index is 14.9. The number of rotatable bonds is 8. The standard InChI is InChI=1S/C76H58N2O4/c1-11-41-25-59(37(3)4)71(60(26-41)38(5)6)77-73(79)55-21-17-51-63-33-47-29-43-13-15-45-31-49-35-65-53-19-23-57-70-58(76(82)78(75(57)81)72-61(39(7)8)27-42(12-2)28-62(72)40(9)10)24-20-54(68(53)70)66(65)36-50(49)32-46(45)16-14-44(43)30-48(47)34-64(63)52-18-22-56(74(77)80)69(55)67(51)52/h11-40H,1-2H2,3-10H3. The highest BCUT2D eigenvalue weighted by molar-refractivity contribution is 6.38. The monoisotopic (exact) mass is 1060 g/mol. The highest BCUT2D eigenvalue weighted by Gasteiger charge is 2.28. The van der Waals surface area contributed by atoms with Crippen LogP contribution >= 0.6 is 0 Å². The van der Waals surface area contributed by atoms with Gasteiger partial charge in [0.05, 0.1) is 11.4 Å². The third-order valence-corrected chi connectivity index (χ3v) is 18.2. The maximum absolute atomic E-state index is 14.9. The molecule has 0 amide bonds. The Morgan fingerprint density at radius 2 is 0.500 bits per heavy atom. The molecule has 6 heteroatoms. The van der Waals surface area contributed by atoms with Crippen molar-refractivity contribution in [1.29, 1.82) is 0 Å². The molecular weight excluding hydrogens is 1000 g/mol. The van der Waals surface area contributed by atoms with Crippen LogP contribution in [-0.4, -0.2) is 9.13 Å². The molecule has 0 aliphatic heterocycles. The first-order chi connectivity index (χ1) is 39.5. The van der Waals surface area contributed by atoms with Gasteiger partial charge in [0, 0.05) is 32.3 Å². The minimum Gasteiger partial charge on any atom is -0.268 e. The van der Waals surface area contributed by atoms with Crippen LogP contribution in [0.4, 0.5) is 0 Å². The molecule has 0 aliphatic rings. The molecule has 0 unspecified atom stereocenters. The molecule has 0 saturated heterocycles. The predicted molar refractivity (Wildman–Crippen MR) is 350 cm³/mol. The minimum absolute atomic E-state index is 0.0655. The van der Waals surface area contributed by atoms with Crippen molar-refractivity contribution in [2.24, 2.45) is 0 Å². The SMILES string of the molecule is C=Cc1cc(C(C)C)c(-n2c(=O)c3ccc4c5cc6cc7ccc8cc9cc%10c(cc9cc8ccc7cc6cc5c5ccc(c2=O)c3c45)c2ccc3c(=O)n(-c4c(C(C)C)cc(C=C)cc4C(C)C)c(=O)c4ccc%10c2c43)c(C(C)C)c1. The second-order valence-electron chi connectivity index (χ2n) is 24.3. The summed E-state index contributed by atoms with van der Waals surface area (Å²) in [4.78, 5) is 59.6. The van der Waals surface area contributed by atoms with Gasteiger partial charge in [0.25, 0.3) is 22.2 Å². The lowest BCUT2D eigenvalue weighted by atomic mass is 9.89. The summed E-state index contributed by atoms with van der Waals surface area (Å²) in [6.07, 6.45) is 3.66. The van der Waals surface area contributed by atoms with Crippen molar-refractivity contribution >= 4 is 141 Å². The molecule has 0 aliphatic carbocycles. The Balaban J connectivity index is 0.870. The minimum atomic E-state index is -0.295. The molecule has 13 aromatic carbocycles. The number of nitrogens with zero attached hydrogens (tertiary/aromatic N) is 2. The summed E-state index contributed by atoms with van der Waals surface area (Å²) in [7, 11) is 0. The van der Waals surface area contributed by atoms with Gasteiger partial charge < -0.3 is 0 Å². The van der Waals surface area contributed by atoms with Gasteiger partial charge in [-0.15, -0.1) is 0 Å². The molecule has 0 fully saturated rings. The molecule has 2 aromatic heterocycles. The lowest BCUT2D eigenvalue weighted by Crippen LogP contribution is -2.33. The average Bonchev–Trinajstić information content (AvgIpc) is 2.34. The molecule has 6 nitrogen and oxygen atoms in total. The Morgan fingerprint density at radius 3 is 0.720 bits per heavy atom. The number of aromatic nitrogens is 2. The molecule has 2 heterocycles. The zero-order chi connectivity index (χ0) is 56.6. The number of fused-ring (bicyclic) bond motifs is 10. The average molecular weight is 1060 g/mol. The molecule has 0 atom stereocenters. The van der Waals surface area contributed by atoms with E-state index >= 15 is 0 Å². The van der Waals surface area contributed by atoms with Crippen LogP contribution in [0, 0.1) is 0 Å². The molecule has 0 spiro atoms. The molecule has 0 radical (unpaired) electrons. The van der Waals surface area contributed by atoms with Crippen molar-refractivity contribution in [2.45, 2.75) is 79.1 Å². The number of pyridine rings is 2. The predicted octanol–water partition coefficient (Wildman–Crippen LogP) is 18.6. The maximum Gasteiger partial charge on any atom is 0.266 e. The largest absolute Gasteiger partial charge is 0.268 e. The summed E-state index contributed by atoms with van der Waals surface area (Å²) in [5, 5.41) is 22.8. The van der Waals surface area contributed by atoms with Crippen LogP contribution in [0.2, 0.25) is 0 Å². The van der Waals surface area contributed by atoms with Gasteiger partial charge >= 0.3 is 0 Å². The van der Waals surface area contributed by atoms with Crippen LogP contribution in [0.25, 0.3) is 153 Å². The quantitative estimate of drug-likeness (QED) is 0.152. The lowest BCUT2D eigenvalue weighted by molar-refractivity contribution is 0.792. The van der Waals surface area contributed by atoms with E-state index in [0.29, 0.717) is 32.9 Å². The van der Waals surface area contributed by atoms with Crippen molar-refractivity contribution in [3.8, 4) is 11.4 Å². The van der Waals surface area contributed by atoms with Gasteiger partial charge in [0.2, 0.25) is 0 Å². The van der Waals surface area contributed by atoms with Crippen LogP contribution in [0.15, 0.2) is 178 Å². The van der Waals surface area contributed by atoms with E-state index in [1.807, 2.05) is 36.4 Å². The summed E-state index contributed by atoms with van der Waals surface area (Å²) < 4.78 is 2.89. The van der Waals surface area contributed by atoms with E-state index in [0.717, 1.165) is 141 Å². The van der Waals surface area contributed by atoms with E-state index < -0.39 is 0 Å². The normalized spacial score (nSPS) is 12.6. The second kappa shape index (κ2) is 17.5. The van der Waals surface area contributed by atoms with Crippen molar-refractivity contribution < 1.29 is 0 Å². The van der Waals surface area contributed by atoms with E-state index in [2.05, 4.69) is 190 Å².